The smallest absolute Gasteiger partial charge is 0.243 e. The Morgan fingerprint density at radius 1 is 0.800 bits per heavy atom. The van der Waals surface area contributed by atoms with Crippen LogP contribution in [0.5, 0.6) is 5.75 Å². The average Bonchev–Trinajstić information content (AvgIpc) is 3.14. The van der Waals surface area contributed by atoms with Gasteiger partial charge in [0.25, 0.3) is 0 Å². The van der Waals surface area contributed by atoms with Crippen molar-refractivity contribution < 1.29 is 13.2 Å². The van der Waals surface area contributed by atoms with Crippen LogP contribution in [0, 0.1) is 18.8 Å². The van der Waals surface area contributed by atoms with Crippen LogP contribution in [-0.2, 0) is 10.0 Å². The lowest BCUT2D eigenvalue weighted by Gasteiger charge is -2.48. The van der Waals surface area contributed by atoms with Gasteiger partial charge in [-0.05, 0) is 42.7 Å². The number of sulfonamides is 1. The minimum absolute atomic E-state index is 0.0296. The van der Waals surface area contributed by atoms with E-state index in [0.29, 0.717) is 18.0 Å². The molecular formula is C25H25NO3S. The molecule has 2 aliphatic rings. The van der Waals surface area contributed by atoms with Crippen LogP contribution in [0.4, 0.5) is 0 Å². The fraction of sp³-hybridized carbons (Fsp3) is 0.280. The summed E-state index contributed by atoms with van der Waals surface area (Å²) in [5.41, 5.74) is 2.27. The summed E-state index contributed by atoms with van der Waals surface area (Å²) in [5, 5.41) is 0. The topological polar surface area (TPSA) is 46.6 Å². The molecule has 0 aromatic heterocycles. The highest BCUT2D eigenvalue weighted by Gasteiger charge is 2.58. The first-order valence-electron chi connectivity index (χ1n) is 10.4. The van der Waals surface area contributed by atoms with Gasteiger partial charge in [0.05, 0.1) is 4.90 Å². The van der Waals surface area contributed by atoms with Crippen molar-refractivity contribution in [1.82, 2.24) is 4.31 Å². The summed E-state index contributed by atoms with van der Waals surface area (Å²) in [6, 6.07) is 27.3. The number of ether oxygens (including phenoxy) is 1. The molecule has 1 aliphatic heterocycles. The van der Waals surface area contributed by atoms with Crippen LogP contribution in [0.1, 0.15) is 17.0 Å². The second-order valence-electron chi connectivity index (χ2n) is 8.29. The number of aryl methyl sites for hydroxylation is 1. The number of nitrogens with zero attached hydrogens (tertiary/aromatic N) is 1. The second kappa shape index (κ2) is 7.56. The minimum atomic E-state index is -3.51. The van der Waals surface area contributed by atoms with E-state index in [1.807, 2.05) is 67.6 Å². The molecule has 5 rings (SSSR count). The highest BCUT2D eigenvalue weighted by molar-refractivity contribution is 7.89. The number of hydrogen-bond donors (Lipinski definition) is 0. The minimum Gasteiger partial charge on any atom is -0.489 e. The summed E-state index contributed by atoms with van der Waals surface area (Å²) in [5.74, 6) is 1.48. The van der Waals surface area contributed by atoms with Gasteiger partial charge in [-0.15, -0.1) is 0 Å². The van der Waals surface area contributed by atoms with E-state index in [9.17, 15) is 8.42 Å². The zero-order chi connectivity index (χ0) is 20.7. The highest BCUT2D eigenvalue weighted by Crippen LogP contribution is 2.53. The molecule has 1 heterocycles. The third-order valence-corrected chi connectivity index (χ3v) is 8.32. The second-order valence-corrected chi connectivity index (χ2v) is 10.2. The summed E-state index contributed by atoms with van der Waals surface area (Å²) in [6.45, 7) is 3.00. The number of para-hydroxylation sites is 1. The fourth-order valence-electron chi connectivity index (χ4n) is 4.89. The first kappa shape index (κ1) is 19.3. The van der Waals surface area contributed by atoms with Gasteiger partial charge in [0.2, 0.25) is 10.0 Å². The normalized spacial score (nSPS) is 26.0. The lowest BCUT2D eigenvalue weighted by atomic mass is 9.61. The summed E-state index contributed by atoms with van der Waals surface area (Å²) in [7, 11) is -3.51. The summed E-state index contributed by atoms with van der Waals surface area (Å²) in [6.07, 6.45) is -0.0296. The molecule has 3 aromatic carbocycles. The average molecular weight is 420 g/mol. The molecule has 2 fully saturated rings. The molecule has 5 heteroatoms. The monoisotopic (exact) mass is 419 g/mol. The Morgan fingerprint density at radius 3 is 2.07 bits per heavy atom. The molecule has 0 unspecified atom stereocenters. The molecule has 3 aromatic rings. The van der Waals surface area contributed by atoms with Crippen LogP contribution in [0.2, 0.25) is 0 Å². The predicted octanol–water partition coefficient (Wildman–Crippen LogP) is 4.48. The fourth-order valence-corrected chi connectivity index (χ4v) is 6.41. The predicted molar refractivity (Wildman–Crippen MR) is 117 cm³/mol. The zero-order valence-corrected chi connectivity index (χ0v) is 17.7. The van der Waals surface area contributed by atoms with E-state index < -0.39 is 10.0 Å². The van der Waals surface area contributed by atoms with Crippen LogP contribution in [0.25, 0.3) is 0 Å². The quantitative estimate of drug-likeness (QED) is 0.613. The molecular weight excluding hydrogens is 394 g/mol. The Kier molecular flexibility index (Phi) is 4.88. The van der Waals surface area contributed by atoms with Crippen molar-refractivity contribution >= 4 is 10.0 Å². The van der Waals surface area contributed by atoms with Crippen LogP contribution < -0.4 is 4.74 Å². The van der Waals surface area contributed by atoms with E-state index >= 15 is 0 Å². The Hall–Kier alpha value is -2.63. The lowest BCUT2D eigenvalue weighted by molar-refractivity contribution is -0.0136. The third-order valence-electron chi connectivity index (χ3n) is 6.47. The van der Waals surface area contributed by atoms with Crippen molar-refractivity contribution in [2.24, 2.45) is 11.8 Å². The van der Waals surface area contributed by atoms with Crippen molar-refractivity contribution in [1.29, 1.82) is 0 Å². The number of rotatable bonds is 5. The van der Waals surface area contributed by atoms with Crippen molar-refractivity contribution in [3.63, 3.8) is 0 Å². The number of benzene rings is 3. The van der Waals surface area contributed by atoms with Gasteiger partial charge in [0.1, 0.15) is 11.9 Å². The Morgan fingerprint density at radius 2 is 1.40 bits per heavy atom. The van der Waals surface area contributed by atoms with E-state index in [-0.39, 0.29) is 23.9 Å². The van der Waals surface area contributed by atoms with E-state index in [4.69, 9.17) is 4.74 Å². The van der Waals surface area contributed by atoms with E-state index in [0.717, 1.165) is 11.3 Å². The van der Waals surface area contributed by atoms with Gasteiger partial charge in [-0.25, -0.2) is 8.42 Å². The first-order valence-corrected chi connectivity index (χ1v) is 11.8. The molecule has 30 heavy (non-hydrogen) atoms. The van der Waals surface area contributed by atoms with E-state index in [1.165, 1.54) is 5.56 Å². The van der Waals surface area contributed by atoms with Gasteiger partial charge >= 0.3 is 0 Å². The molecule has 0 bridgehead atoms. The summed E-state index contributed by atoms with van der Waals surface area (Å²) < 4.78 is 34.6. The summed E-state index contributed by atoms with van der Waals surface area (Å²) >= 11 is 0. The van der Waals surface area contributed by atoms with Gasteiger partial charge in [-0.3, -0.25) is 0 Å². The number of hydrogen-bond acceptors (Lipinski definition) is 3. The molecule has 1 aliphatic carbocycles. The maximum Gasteiger partial charge on any atom is 0.243 e. The molecule has 154 valence electrons. The third kappa shape index (κ3) is 3.32. The Balaban J connectivity index is 1.43. The Bertz CT molecular complexity index is 1110. The van der Waals surface area contributed by atoms with Crippen LogP contribution in [0.15, 0.2) is 89.8 Å². The van der Waals surface area contributed by atoms with E-state index in [2.05, 4.69) is 12.1 Å². The van der Waals surface area contributed by atoms with Crippen LogP contribution in [-0.4, -0.2) is 31.9 Å². The largest absolute Gasteiger partial charge is 0.489 e. The molecule has 0 amide bonds. The van der Waals surface area contributed by atoms with Crippen LogP contribution >= 0.6 is 0 Å². The standard InChI is InChI=1S/C25H25NO3S/c1-18-12-14-21(15-13-18)30(27,28)26-16-22-23(17-26)25(29-20-10-6-3-7-11-20)24(22)19-8-4-2-5-9-19/h2-15,22-25H,16-17H2,1H3/t22-,23+,24+,25-/m0/s1. The molecule has 4 atom stereocenters. The van der Waals surface area contributed by atoms with Gasteiger partial charge in [-0.1, -0.05) is 66.2 Å². The molecule has 0 radical (unpaired) electrons. The molecule has 4 nitrogen and oxygen atoms in total. The van der Waals surface area contributed by atoms with Crippen LogP contribution in [0.3, 0.4) is 0 Å². The molecule has 0 N–H and O–H groups in total. The maximum atomic E-state index is 13.3. The first-order chi connectivity index (χ1) is 14.5. The van der Waals surface area contributed by atoms with E-state index in [1.54, 1.807) is 16.4 Å². The maximum absolute atomic E-state index is 13.3. The Labute approximate surface area is 178 Å². The van der Waals surface area contributed by atoms with Crippen molar-refractivity contribution in [3.05, 3.63) is 96.1 Å². The van der Waals surface area contributed by atoms with Gasteiger partial charge in [0.15, 0.2) is 0 Å². The highest BCUT2D eigenvalue weighted by atomic mass is 32.2. The number of fused-ring (bicyclic) bond motifs is 1. The van der Waals surface area contributed by atoms with Crippen molar-refractivity contribution in [2.75, 3.05) is 13.1 Å². The SMILES string of the molecule is Cc1ccc(S(=O)(=O)N2C[C@@H]3[C@H](C2)[C@@H](c2ccccc2)[C@H]3Oc2ccccc2)cc1. The lowest BCUT2D eigenvalue weighted by Crippen LogP contribution is -2.52. The molecule has 1 saturated carbocycles. The van der Waals surface area contributed by atoms with Crippen molar-refractivity contribution in [2.45, 2.75) is 23.8 Å². The van der Waals surface area contributed by atoms with Crippen molar-refractivity contribution in [3.8, 4) is 5.75 Å². The van der Waals surface area contributed by atoms with Gasteiger partial charge in [-0.2, -0.15) is 4.31 Å². The zero-order valence-electron chi connectivity index (χ0n) is 16.9. The molecule has 0 spiro atoms. The van der Waals surface area contributed by atoms with Gasteiger partial charge < -0.3 is 4.74 Å². The summed E-state index contributed by atoms with van der Waals surface area (Å²) in [4.78, 5) is 0.367. The molecule has 1 saturated heterocycles. The van der Waals surface area contributed by atoms with Gasteiger partial charge in [0, 0.05) is 24.9 Å².